The number of hydrogen-bond donors (Lipinski definition) is 3. The Morgan fingerprint density at radius 2 is 1.50 bits per heavy atom. The third kappa shape index (κ3) is 2.61. The van der Waals surface area contributed by atoms with E-state index in [0.717, 1.165) is 0 Å². The Morgan fingerprint density at radius 3 is 2.17 bits per heavy atom. The molecular formula is C12H13N3O2S. The summed E-state index contributed by atoms with van der Waals surface area (Å²) >= 11 is 0. The fourth-order valence-corrected chi connectivity index (χ4v) is 2.77. The van der Waals surface area contributed by atoms with Crippen LogP contribution in [0.3, 0.4) is 0 Å². The second kappa shape index (κ2) is 5.07. The number of hydrogen-bond acceptors (Lipinski definition) is 4. The first-order valence-electron chi connectivity index (χ1n) is 5.27. The molecule has 0 heterocycles. The van der Waals surface area contributed by atoms with E-state index in [1.165, 1.54) is 6.07 Å². The molecule has 2 rings (SSSR count). The number of nitrogens with one attached hydrogen (secondary N) is 2. The molecule has 6 heteroatoms. The minimum absolute atomic E-state index is 0.108. The minimum Gasteiger partial charge on any atom is -0.323 e. The Balaban J connectivity index is 2.37. The van der Waals surface area contributed by atoms with Crippen LogP contribution in [0.5, 0.6) is 0 Å². The van der Waals surface area contributed by atoms with E-state index in [1.54, 1.807) is 42.5 Å². The molecule has 4 N–H and O–H groups in total. The number of sulfonamides is 1. The first-order valence-corrected chi connectivity index (χ1v) is 6.75. The molecule has 0 spiro atoms. The van der Waals surface area contributed by atoms with Crippen LogP contribution in [0.2, 0.25) is 0 Å². The van der Waals surface area contributed by atoms with E-state index in [1.807, 2.05) is 6.07 Å². The average Bonchev–Trinajstić information content (AvgIpc) is 2.39. The molecule has 2 aromatic rings. The van der Waals surface area contributed by atoms with Crippen molar-refractivity contribution in [3.63, 3.8) is 0 Å². The molecule has 0 unspecified atom stereocenters. The van der Waals surface area contributed by atoms with Gasteiger partial charge in [0.05, 0.1) is 5.69 Å². The summed E-state index contributed by atoms with van der Waals surface area (Å²) in [5, 5.41) is 0. The van der Waals surface area contributed by atoms with Crippen molar-refractivity contribution >= 4 is 21.4 Å². The summed E-state index contributed by atoms with van der Waals surface area (Å²) < 4.78 is 26.8. The molecule has 0 aromatic heterocycles. The van der Waals surface area contributed by atoms with E-state index in [2.05, 4.69) is 10.1 Å². The van der Waals surface area contributed by atoms with Crippen LogP contribution in [-0.2, 0) is 10.0 Å². The Hall–Kier alpha value is -2.05. The number of nitrogen functional groups attached to an aromatic ring is 1. The van der Waals surface area contributed by atoms with E-state index >= 15 is 0 Å². The van der Waals surface area contributed by atoms with Crippen LogP contribution >= 0.6 is 0 Å². The zero-order valence-electron chi connectivity index (χ0n) is 9.50. The van der Waals surface area contributed by atoms with Crippen LogP contribution in [0.15, 0.2) is 59.5 Å². The molecule has 0 aliphatic carbocycles. The number of rotatable bonds is 4. The quantitative estimate of drug-likeness (QED) is 0.580. The minimum atomic E-state index is -3.65. The smallest absolute Gasteiger partial charge is 0.264 e. The van der Waals surface area contributed by atoms with Gasteiger partial charge < -0.3 is 5.43 Å². The highest BCUT2D eigenvalue weighted by Crippen LogP contribution is 2.22. The third-order valence-electron chi connectivity index (χ3n) is 2.36. The van der Waals surface area contributed by atoms with Gasteiger partial charge in [-0.25, -0.2) is 8.42 Å². The lowest BCUT2D eigenvalue weighted by Gasteiger charge is -2.11. The molecule has 0 bridgehead atoms. The monoisotopic (exact) mass is 263 g/mol. The van der Waals surface area contributed by atoms with Gasteiger partial charge in [0.15, 0.2) is 0 Å². The first kappa shape index (κ1) is 12.4. The fourth-order valence-electron chi connectivity index (χ4n) is 1.54. The van der Waals surface area contributed by atoms with Gasteiger partial charge in [0.25, 0.3) is 10.0 Å². The summed E-state index contributed by atoms with van der Waals surface area (Å²) in [4.78, 5) is 0.108. The second-order valence-electron chi connectivity index (χ2n) is 3.61. The molecule has 0 saturated carbocycles. The number of benzene rings is 2. The number of nitrogens with two attached hydrogens (primary N) is 1. The maximum Gasteiger partial charge on any atom is 0.264 e. The van der Waals surface area contributed by atoms with Crippen molar-refractivity contribution in [2.45, 2.75) is 4.90 Å². The van der Waals surface area contributed by atoms with Crippen molar-refractivity contribution in [2.75, 3.05) is 10.1 Å². The van der Waals surface area contributed by atoms with Crippen LogP contribution in [0, 0.1) is 0 Å². The molecule has 0 fully saturated rings. The zero-order chi connectivity index (χ0) is 13.0. The Labute approximate surface area is 106 Å². The van der Waals surface area contributed by atoms with Crippen molar-refractivity contribution < 1.29 is 8.42 Å². The van der Waals surface area contributed by atoms with Gasteiger partial charge >= 0.3 is 0 Å². The van der Waals surface area contributed by atoms with Crippen LogP contribution in [-0.4, -0.2) is 8.42 Å². The molecule has 0 saturated heterocycles. The highest BCUT2D eigenvalue weighted by molar-refractivity contribution is 7.92. The van der Waals surface area contributed by atoms with Crippen LogP contribution < -0.4 is 16.0 Å². The number of hydrazine groups is 1. The maximum atomic E-state index is 12.2. The van der Waals surface area contributed by atoms with Gasteiger partial charge in [-0.1, -0.05) is 30.3 Å². The Morgan fingerprint density at radius 1 is 0.889 bits per heavy atom. The topological polar surface area (TPSA) is 84.2 Å². The lowest BCUT2D eigenvalue weighted by Crippen LogP contribution is -2.17. The van der Waals surface area contributed by atoms with Gasteiger partial charge in [0, 0.05) is 5.69 Å². The van der Waals surface area contributed by atoms with Crippen molar-refractivity contribution in [1.82, 2.24) is 0 Å². The second-order valence-corrected chi connectivity index (χ2v) is 5.26. The van der Waals surface area contributed by atoms with Crippen molar-refractivity contribution in [1.29, 1.82) is 0 Å². The molecule has 0 aliphatic rings. The normalized spacial score (nSPS) is 10.9. The Kier molecular flexibility index (Phi) is 3.50. The lowest BCUT2D eigenvalue weighted by atomic mass is 10.3. The molecule has 0 aliphatic heterocycles. The van der Waals surface area contributed by atoms with Gasteiger partial charge in [-0.2, -0.15) is 0 Å². The van der Waals surface area contributed by atoms with E-state index in [-0.39, 0.29) is 4.90 Å². The highest BCUT2D eigenvalue weighted by atomic mass is 32.2. The average molecular weight is 263 g/mol. The van der Waals surface area contributed by atoms with Crippen molar-refractivity contribution in [3.8, 4) is 0 Å². The fraction of sp³-hybridized carbons (Fsp3) is 0. The number of anilines is 2. The largest absolute Gasteiger partial charge is 0.323 e. The summed E-state index contributed by atoms with van der Waals surface area (Å²) in [6, 6.07) is 15.1. The molecule has 5 nitrogen and oxygen atoms in total. The standard InChI is InChI=1S/C12H13N3O2S/c13-14-11-8-4-5-9-12(11)18(16,17)15-10-6-2-1-3-7-10/h1-9,14-15H,13H2. The van der Waals surface area contributed by atoms with E-state index in [4.69, 9.17) is 5.84 Å². The van der Waals surface area contributed by atoms with Crippen molar-refractivity contribution in [2.24, 2.45) is 5.84 Å². The van der Waals surface area contributed by atoms with Gasteiger partial charge in [0.1, 0.15) is 4.90 Å². The van der Waals surface area contributed by atoms with Crippen LogP contribution in [0.1, 0.15) is 0 Å². The summed E-state index contributed by atoms with van der Waals surface area (Å²) in [5.74, 6) is 5.30. The summed E-state index contributed by atoms with van der Waals surface area (Å²) in [6.45, 7) is 0. The first-order chi connectivity index (χ1) is 8.63. The highest BCUT2D eigenvalue weighted by Gasteiger charge is 2.17. The lowest BCUT2D eigenvalue weighted by molar-refractivity contribution is 0.601. The molecule has 18 heavy (non-hydrogen) atoms. The van der Waals surface area contributed by atoms with Crippen LogP contribution in [0.25, 0.3) is 0 Å². The molecular weight excluding hydrogens is 250 g/mol. The predicted molar refractivity (Wildman–Crippen MR) is 71.5 cm³/mol. The SMILES string of the molecule is NNc1ccccc1S(=O)(=O)Nc1ccccc1. The zero-order valence-corrected chi connectivity index (χ0v) is 10.3. The summed E-state index contributed by atoms with van der Waals surface area (Å²) in [6.07, 6.45) is 0. The summed E-state index contributed by atoms with van der Waals surface area (Å²) in [7, 11) is -3.65. The van der Waals surface area contributed by atoms with Crippen LogP contribution in [0.4, 0.5) is 11.4 Å². The van der Waals surface area contributed by atoms with Gasteiger partial charge in [-0.05, 0) is 24.3 Å². The van der Waals surface area contributed by atoms with Gasteiger partial charge in [0.2, 0.25) is 0 Å². The number of para-hydroxylation sites is 2. The van der Waals surface area contributed by atoms with Gasteiger partial charge in [-0.3, -0.25) is 10.6 Å². The Bertz CT molecular complexity index is 627. The third-order valence-corrected chi connectivity index (χ3v) is 3.80. The van der Waals surface area contributed by atoms with E-state index in [9.17, 15) is 8.42 Å². The molecule has 94 valence electrons. The predicted octanol–water partition coefficient (Wildman–Crippen LogP) is 1.77. The molecule has 2 aromatic carbocycles. The molecule has 0 amide bonds. The molecule has 0 atom stereocenters. The summed E-state index contributed by atoms with van der Waals surface area (Å²) in [5.41, 5.74) is 3.22. The molecule has 0 radical (unpaired) electrons. The van der Waals surface area contributed by atoms with E-state index < -0.39 is 10.0 Å². The van der Waals surface area contributed by atoms with E-state index in [0.29, 0.717) is 11.4 Å². The van der Waals surface area contributed by atoms with Crippen molar-refractivity contribution in [3.05, 3.63) is 54.6 Å². The van der Waals surface area contributed by atoms with Gasteiger partial charge in [-0.15, -0.1) is 0 Å². The maximum absolute atomic E-state index is 12.2.